The number of benzene rings is 2. The van der Waals surface area contributed by atoms with E-state index in [2.05, 4.69) is 95.4 Å². The van der Waals surface area contributed by atoms with Gasteiger partial charge in [-0.1, -0.05) is 0 Å². The molecule has 0 aliphatic heterocycles. The van der Waals surface area contributed by atoms with Crippen LogP contribution in [-0.4, -0.2) is 12.5 Å². The van der Waals surface area contributed by atoms with Gasteiger partial charge >= 0.3 is 191 Å². The Balaban J connectivity index is 1.92. The van der Waals surface area contributed by atoms with Crippen LogP contribution in [0.25, 0.3) is 5.57 Å². The van der Waals surface area contributed by atoms with Crippen molar-refractivity contribution in [3.8, 4) is 5.75 Å². The predicted molar refractivity (Wildman–Crippen MR) is 127 cm³/mol. The number of para-hydroxylation sites is 1. The molecule has 4 rings (SSSR count). The Bertz CT molecular complexity index is 1140. The van der Waals surface area contributed by atoms with E-state index in [-0.39, 0.29) is 5.43 Å². The molecule has 0 saturated heterocycles. The first-order valence-electron chi connectivity index (χ1n) is 10.9. The number of allylic oxidation sites excluding steroid dienone is 5. The molecule has 0 amide bonds. The summed E-state index contributed by atoms with van der Waals surface area (Å²) in [7, 11) is 1.78. The van der Waals surface area contributed by atoms with Crippen molar-refractivity contribution in [1.82, 2.24) is 0 Å². The van der Waals surface area contributed by atoms with E-state index in [1.165, 1.54) is 16.7 Å². The second kappa shape index (κ2) is 8.60. The molecule has 0 saturated carbocycles. The molecule has 0 radical (unpaired) electrons. The maximum atomic E-state index is 5.74. The topological polar surface area (TPSA) is 9.23 Å². The quantitative estimate of drug-likeness (QED) is 0.407. The molecule has 2 aromatic carbocycles. The van der Waals surface area contributed by atoms with Gasteiger partial charge < -0.3 is 0 Å². The molecule has 154 valence electrons. The molecule has 2 unspecified atom stereocenters. The molecule has 0 heterocycles. The molecule has 2 aliphatic rings. The third-order valence-corrected chi connectivity index (χ3v) is 25.7. The van der Waals surface area contributed by atoms with Crippen molar-refractivity contribution in [2.24, 2.45) is 5.92 Å². The summed E-state index contributed by atoms with van der Waals surface area (Å²) in [6.07, 6.45) is 2.63. The van der Waals surface area contributed by atoms with Gasteiger partial charge in [0.05, 0.1) is 0 Å². The van der Waals surface area contributed by atoms with Gasteiger partial charge in [-0.15, -0.1) is 0 Å². The molecule has 0 aromatic heterocycles. The number of methoxy groups -OCH3 is 1. The van der Waals surface area contributed by atoms with E-state index in [0.717, 1.165) is 5.75 Å². The van der Waals surface area contributed by atoms with Crippen molar-refractivity contribution in [2.75, 3.05) is 7.11 Å². The molecule has 1 nitrogen and oxygen atoms in total. The van der Waals surface area contributed by atoms with Gasteiger partial charge in [0.1, 0.15) is 0 Å². The van der Waals surface area contributed by atoms with Gasteiger partial charge in [-0.2, -0.15) is 0 Å². The summed E-state index contributed by atoms with van der Waals surface area (Å²) >= 11 is -1.95. The molecule has 30 heavy (non-hydrogen) atoms. The fourth-order valence-electron chi connectivity index (χ4n) is 5.25. The normalized spacial score (nSPS) is 20.4. The molecule has 0 fully saturated rings. The van der Waals surface area contributed by atoms with Crippen LogP contribution in [0.1, 0.15) is 48.0 Å². The first kappa shape index (κ1) is 21.8. The Hall–Kier alpha value is -1.44. The van der Waals surface area contributed by atoms with Gasteiger partial charge in [0.2, 0.25) is 0 Å². The zero-order valence-electron chi connectivity index (χ0n) is 19.3. The fourth-order valence-corrected chi connectivity index (χ4v) is 24.9. The van der Waals surface area contributed by atoms with E-state index in [4.69, 9.17) is 4.74 Å². The van der Waals surface area contributed by atoms with Gasteiger partial charge in [-0.05, 0) is 0 Å². The number of hydrogen-bond acceptors (Lipinski definition) is 1. The van der Waals surface area contributed by atoms with Crippen LogP contribution < -0.4 is 4.74 Å². The van der Waals surface area contributed by atoms with Crippen LogP contribution in [0.2, 0.25) is 13.1 Å². The molecular weight excluding hydrogens is 460 g/mol. The average Bonchev–Trinajstić information content (AvgIpc) is 3.21. The van der Waals surface area contributed by atoms with Crippen molar-refractivity contribution in [3.63, 3.8) is 0 Å². The van der Waals surface area contributed by atoms with Crippen molar-refractivity contribution < 1.29 is 25.1 Å². The molecule has 2 aliphatic carbocycles. The Kier molecular flexibility index (Phi) is 6.24. The van der Waals surface area contributed by atoms with Gasteiger partial charge in [0.25, 0.3) is 0 Å². The van der Waals surface area contributed by atoms with Crippen LogP contribution in [0, 0.1) is 5.92 Å². The van der Waals surface area contributed by atoms with Crippen molar-refractivity contribution in [2.45, 2.75) is 44.4 Å². The van der Waals surface area contributed by atoms with E-state index < -0.39 is 20.4 Å². The zero-order valence-corrected chi connectivity index (χ0v) is 22.7. The van der Waals surface area contributed by atoms with Gasteiger partial charge in [-0.3, -0.25) is 0 Å². The zero-order chi connectivity index (χ0) is 21.6. The number of rotatable bonds is 4. The number of fused-ring (bicyclic) bond motifs is 1. The summed E-state index contributed by atoms with van der Waals surface area (Å²) in [5, 5.41) is 0. The first-order valence-corrected chi connectivity index (χ1v) is 19.7. The summed E-state index contributed by atoms with van der Waals surface area (Å²) in [6, 6.07) is 17.6. The monoisotopic (exact) mass is 490 g/mol. The Morgan fingerprint density at radius 2 is 1.50 bits per heavy atom. The van der Waals surface area contributed by atoms with Gasteiger partial charge in [0, 0.05) is 0 Å². The molecule has 0 bridgehead atoms. The second-order valence-corrected chi connectivity index (χ2v) is 26.3. The van der Waals surface area contributed by atoms with Crippen molar-refractivity contribution in [3.05, 3.63) is 91.3 Å². The predicted octanol–water partition coefficient (Wildman–Crippen LogP) is 7.31. The first-order chi connectivity index (χ1) is 14.4. The molecule has 3 heteroatoms. The van der Waals surface area contributed by atoms with Crippen LogP contribution in [0.15, 0.2) is 74.6 Å². The Morgan fingerprint density at radius 3 is 2.10 bits per heavy atom. The maximum absolute atomic E-state index is 5.74. The Morgan fingerprint density at radius 1 is 0.867 bits per heavy atom. The van der Waals surface area contributed by atoms with Crippen molar-refractivity contribution in [1.29, 1.82) is 0 Å². The van der Waals surface area contributed by atoms with E-state index in [9.17, 15) is 0 Å². The van der Waals surface area contributed by atoms with Gasteiger partial charge in [0.15, 0.2) is 0 Å². The summed E-state index contributed by atoms with van der Waals surface area (Å²) in [6.45, 7) is 14.7. The van der Waals surface area contributed by atoms with Crippen LogP contribution in [0.3, 0.4) is 0 Å². The van der Waals surface area contributed by atoms with Crippen LogP contribution in [0.4, 0.5) is 0 Å². The van der Waals surface area contributed by atoms with Gasteiger partial charge in [-0.25, -0.2) is 0 Å². The summed E-state index contributed by atoms with van der Waals surface area (Å²) < 4.78 is 8.25. The SMILES string of the molecule is COc1ccccc1C1=C[CH]([Zr]([C]2=C(C)C(C)=C(C)C2C)=[Si](C)C)c2ccccc21. The molecular formula is C27H32OSiZr. The van der Waals surface area contributed by atoms with Crippen LogP contribution >= 0.6 is 0 Å². The molecule has 2 atom stereocenters. The standard InChI is InChI=1S/C16H13O.C9H13.C2H6Si.Zr/c1-17-16-9-5-4-8-15(16)14-11-10-12-6-2-3-7-13(12)14;1-6-5-7(2)9(4)8(6)3;1-3-2;/h2-11H,1H3;6H,1-4H3;1-2H3;. The van der Waals surface area contributed by atoms with Crippen LogP contribution in [-0.2, 0) is 20.4 Å². The third kappa shape index (κ3) is 3.49. The number of ether oxygens (including phenoxy) is 1. The second-order valence-electron chi connectivity index (χ2n) is 8.83. The summed E-state index contributed by atoms with van der Waals surface area (Å²) in [4.78, 5) is 0. The minimum atomic E-state index is -1.95. The summed E-state index contributed by atoms with van der Waals surface area (Å²) in [5.74, 6) is 1.61. The van der Waals surface area contributed by atoms with E-state index >= 15 is 0 Å². The Labute approximate surface area is 189 Å². The molecule has 0 spiro atoms. The fraction of sp³-hybridized carbons (Fsp3) is 0.333. The van der Waals surface area contributed by atoms with Crippen LogP contribution in [0.5, 0.6) is 5.75 Å². The van der Waals surface area contributed by atoms with E-state index in [1.54, 1.807) is 29.4 Å². The minimum absolute atomic E-state index is 0.376. The summed E-state index contributed by atoms with van der Waals surface area (Å²) in [5.41, 5.74) is 9.99. The number of hydrogen-bond donors (Lipinski definition) is 0. The molecule has 2 aromatic rings. The third-order valence-electron chi connectivity index (χ3n) is 7.10. The average molecular weight is 492 g/mol. The van der Waals surface area contributed by atoms with Crippen molar-refractivity contribution >= 4 is 11.0 Å². The van der Waals surface area contributed by atoms with E-state index in [1.807, 2.05) is 3.28 Å². The molecule has 0 N–H and O–H groups in total. The van der Waals surface area contributed by atoms with E-state index in [0.29, 0.717) is 9.54 Å².